The highest BCUT2D eigenvalue weighted by molar-refractivity contribution is 5.82. The Labute approximate surface area is 149 Å². The number of anilines is 1. The number of rotatable bonds is 4. The molecule has 2 aliphatic heterocycles. The van der Waals surface area contributed by atoms with E-state index in [1.165, 1.54) is 12.1 Å². The van der Waals surface area contributed by atoms with E-state index in [1.54, 1.807) is 0 Å². The van der Waals surface area contributed by atoms with Gasteiger partial charge in [-0.3, -0.25) is 4.79 Å². The summed E-state index contributed by atoms with van der Waals surface area (Å²) in [6.07, 6.45) is -3.80. The molecule has 1 aromatic rings. The number of carbonyl (C=O) groups is 1. The van der Waals surface area contributed by atoms with Gasteiger partial charge in [0.25, 0.3) is 0 Å². The predicted molar refractivity (Wildman–Crippen MR) is 88.4 cm³/mol. The Morgan fingerprint density at radius 2 is 2.08 bits per heavy atom. The van der Waals surface area contributed by atoms with Crippen molar-refractivity contribution in [3.8, 4) is 6.07 Å². The summed E-state index contributed by atoms with van der Waals surface area (Å²) in [6.45, 7) is 2.46. The number of alkyl halides is 3. The van der Waals surface area contributed by atoms with Gasteiger partial charge in [-0.05, 0) is 37.6 Å². The molecule has 3 N–H and O–H groups in total. The molecule has 4 atom stereocenters. The van der Waals surface area contributed by atoms with Crippen LogP contribution in [-0.4, -0.2) is 35.7 Å². The monoisotopic (exact) mass is 367 g/mol. The number of hydrogen-bond acceptors (Lipinski definition) is 5. The zero-order valence-electron chi connectivity index (χ0n) is 14.2. The summed E-state index contributed by atoms with van der Waals surface area (Å²) < 4.78 is 38.1. The normalized spacial score (nSPS) is 27.3. The van der Waals surface area contributed by atoms with Crippen molar-refractivity contribution in [3.63, 3.8) is 0 Å². The van der Waals surface area contributed by atoms with Gasteiger partial charge in [0, 0.05) is 24.3 Å². The second-order valence-electron chi connectivity index (χ2n) is 6.62. The van der Waals surface area contributed by atoms with Gasteiger partial charge in [0.05, 0.1) is 24.0 Å². The molecule has 26 heavy (non-hydrogen) atoms. The van der Waals surface area contributed by atoms with Crippen molar-refractivity contribution >= 4 is 11.6 Å². The van der Waals surface area contributed by atoms with Gasteiger partial charge < -0.3 is 10.6 Å². The van der Waals surface area contributed by atoms with Gasteiger partial charge in [-0.1, -0.05) is 0 Å². The summed E-state index contributed by atoms with van der Waals surface area (Å²) in [5.41, 5.74) is 3.00. The molecule has 2 aliphatic rings. The van der Waals surface area contributed by atoms with Crippen LogP contribution in [-0.2, 0) is 11.0 Å². The number of hydrogen-bond donors (Lipinski definition) is 3. The third-order valence-corrected chi connectivity index (χ3v) is 4.86. The summed E-state index contributed by atoms with van der Waals surface area (Å²) in [5, 5.41) is 16.8. The summed E-state index contributed by atoms with van der Waals surface area (Å²) in [4.78, 5) is 12.4. The van der Waals surface area contributed by atoms with Crippen molar-refractivity contribution in [2.75, 3.05) is 11.9 Å². The molecule has 1 amide bonds. The second-order valence-corrected chi connectivity index (χ2v) is 6.62. The average molecular weight is 367 g/mol. The lowest BCUT2D eigenvalue weighted by atomic mass is 9.90. The topological polar surface area (TPSA) is 80.2 Å². The smallest absolute Gasteiger partial charge is 0.368 e. The van der Waals surface area contributed by atoms with Crippen molar-refractivity contribution < 1.29 is 18.0 Å². The molecule has 1 aromatic carbocycles. The zero-order valence-corrected chi connectivity index (χ0v) is 14.2. The van der Waals surface area contributed by atoms with Gasteiger partial charge in [0.15, 0.2) is 0 Å². The first-order valence-electron chi connectivity index (χ1n) is 8.44. The Morgan fingerprint density at radius 1 is 1.38 bits per heavy atom. The van der Waals surface area contributed by atoms with Crippen molar-refractivity contribution in [3.05, 3.63) is 29.8 Å². The fraction of sp³-hybridized carbons (Fsp3) is 0.529. The number of benzene rings is 1. The van der Waals surface area contributed by atoms with E-state index in [0.29, 0.717) is 18.7 Å². The molecule has 9 heteroatoms. The van der Waals surface area contributed by atoms with E-state index >= 15 is 0 Å². The van der Waals surface area contributed by atoms with Crippen LogP contribution in [0.2, 0.25) is 0 Å². The lowest BCUT2D eigenvalue weighted by molar-refractivity contribution is -0.137. The third-order valence-electron chi connectivity index (χ3n) is 4.86. The highest BCUT2D eigenvalue weighted by Crippen LogP contribution is 2.32. The van der Waals surface area contributed by atoms with Gasteiger partial charge in [-0.15, -0.1) is 0 Å². The van der Waals surface area contributed by atoms with Crippen LogP contribution in [0.5, 0.6) is 0 Å². The Hall–Kier alpha value is -2.31. The quantitative estimate of drug-likeness (QED) is 0.759. The van der Waals surface area contributed by atoms with Crippen molar-refractivity contribution in [1.29, 1.82) is 5.26 Å². The van der Waals surface area contributed by atoms with Crippen LogP contribution in [0.3, 0.4) is 0 Å². The second kappa shape index (κ2) is 7.13. The van der Waals surface area contributed by atoms with Crippen LogP contribution < -0.4 is 16.1 Å². The van der Waals surface area contributed by atoms with E-state index in [-0.39, 0.29) is 18.0 Å². The maximum absolute atomic E-state index is 12.7. The summed E-state index contributed by atoms with van der Waals surface area (Å²) in [7, 11) is 0. The SMILES string of the molecule is CC(CC#N)N1NC(Nc2ccc(C(F)(F)F)cc2)C2C(=O)NCCC21. The predicted octanol–water partition coefficient (Wildman–Crippen LogP) is 2.07. The van der Waals surface area contributed by atoms with Crippen LogP contribution in [0.1, 0.15) is 25.3 Å². The molecule has 2 heterocycles. The van der Waals surface area contributed by atoms with Gasteiger partial charge in [0.2, 0.25) is 5.91 Å². The van der Waals surface area contributed by atoms with Gasteiger partial charge in [-0.25, -0.2) is 10.4 Å². The molecule has 6 nitrogen and oxygen atoms in total. The number of nitrogens with one attached hydrogen (secondary N) is 3. The first-order chi connectivity index (χ1) is 12.3. The van der Waals surface area contributed by atoms with Gasteiger partial charge >= 0.3 is 6.18 Å². The highest BCUT2D eigenvalue weighted by atomic mass is 19.4. The Balaban J connectivity index is 1.78. The molecule has 140 valence electrons. The summed E-state index contributed by atoms with van der Waals surface area (Å²) in [6, 6.07) is 6.68. The summed E-state index contributed by atoms with van der Waals surface area (Å²) >= 11 is 0. The molecule has 0 aromatic heterocycles. The first-order valence-corrected chi connectivity index (χ1v) is 8.44. The standard InChI is InChI=1S/C17H20F3N5O/c1-10(6-8-21)25-13-7-9-22-16(26)14(13)15(24-25)23-12-4-2-11(3-5-12)17(18,19)20/h2-5,10,13-15,23-24H,6-7,9H2,1H3,(H,22,26). The lowest BCUT2D eigenvalue weighted by Gasteiger charge is -2.33. The number of fused-ring (bicyclic) bond motifs is 1. The zero-order chi connectivity index (χ0) is 18.9. The fourth-order valence-electron chi connectivity index (χ4n) is 3.58. The van der Waals surface area contributed by atoms with Crippen LogP contribution in [0.4, 0.5) is 18.9 Å². The molecule has 0 bridgehead atoms. The number of nitriles is 1. The molecule has 0 aliphatic carbocycles. The van der Waals surface area contributed by atoms with E-state index in [0.717, 1.165) is 18.6 Å². The lowest BCUT2D eigenvalue weighted by Crippen LogP contribution is -2.51. The molecule has 3 rings (SSSR count). The van der Waals surface area contributed by atoms with E-state index in [1.807, 2.05) is 11.9 Å². The molecule has 0 radical (unpaired) electrons. The highest BCUT2D eigenvalue weighted by Gasteiger charge is 2.48. The number of hydrazine groups is 1. The van der Waals surface area contributed by atoms with E-state index < -0.39 is 23.8 Å². The number of carbonyl (C=O) groups excluding carboxylic acids is 1. The minimum Gasteiger partial charge on any atom is -0.368 e. The number of halogens is 3. The van der Waals surface area contributed by atoms with Crippen molar-refractivity contribution in [2.24, 2.45) is 5.92 Å². The van der Waals surface area contributed by atoms with Crippen molar-refractivity contribution in [1.82, 2.24) is 15.8 Å². The fourth-order valence-corrected chi connectivity index (χ4v) is 3.58. The molecule has 0 saturated carbocycles. The molecular weight excluding hydrogens is 347 g/mol. The Morgan fingerprint density at radius 3 is 2.69 bits per heavy atom. The van der Waals surface area contributed by atoms with Crippen LogP contribution in [0.25, 0.3) is 0 Å². The summed E-state index contributed by atoms with van der Waals surface area (Å²) in [5.74, 6) is -0.503. The molecule has 4 unspecified atom stereocenters. The van der Waals surface area contributed by atoms with Crippen LogP contribution in [0.15, 0.2) is 24.3 Å². The van der Waals surface area contributed by atoms with Crippen LogP contribution >= 0.6 is 0 Å². The van der Waals surface area contributed by atoms with E-state index in [4.69, 9.17) is 5.26 Å². The first kappa shape index (κ1) is 18.5. The number of piperidine rings is 1. The Bertz CT molecular complexity index is 700. The molecule has 2 saturated heterocycles. The largest absolute Gasteiger partial charge is 0.416 e. The van der Waals surface area contributed by atoms with Gasteiger partial charge in [-0.2, -0.15) is 18.4 Å². The minimum absolute atomic E-state index is 0.0703. The van der Waals surface area contributed by atoms with E-state index in [2.05, 4.69) is 22.1 Å². The average Bonchev–Trinajstić information content (AvgIpc) is 2.95. The maximum atomic E-state index is 12.7. The van der Waals surface area contributed by atoms with E-state index in [9.17, 15) is 18.0 Å². The maximum Gasteiger partial charge on any atom is 0.416 e. The molecule has 0 spiro atoms. The third kappa shape index (κ3) is 3.61. The van der Waals surface area contributed by atoms with Gasteiger partial charge in [0.1, 0.15) is 6.17 Å². The molecular formula is C17H20F3N5O. The Kier molecular flexibility index (Phi) is 5.07. The number of amides is 1. The van der Waals surface area contributed by atoms with Crippen LogP contribution in [0, 0.1) is 17.2 Å². The van der Waals surface area contributed by atoms with Crippen molar-refractivity contribution in [2.45, 2.75) is 44.2 Å². The number of nitrogens with zero attached hydrogens (tertiary/aromatic N) is 2. The molecule has 2 fully saturated rings. The minimum atomic E-state index is -4.39.